The van der Waals surface area contributed by atoms with Crippen molar-refractivity contribution in [3.63, 3.8) is 0 Å². The van der Waals surface area contributed by atoms with Gasteiger partial charge < -0.3 is 4.89 Å². The summed E-state index contributed by atoms with van der Waals surface area (Å²) in [5.74, 6) is -0.516. The zero-order valence-corrected chi connectivity index (χ0v) is 11.9. The van der Waals surface area contributed by atoms with Crippen molar-refractivity contribution in [2.24, 2.45) is 0 Å². The molecule has 0 heterocycles. The maximum absolute atomic E-state index is 10.5. The van der Waals surface area contributed by atoms with Gasteiger partial charge in [-0.2, -0.15) is 5.26 Å². The standard InChI is InChI=1S/C12H24O3.Ti/c1-2-3-4-5-6-7-8-9-10-11-12(13)15-14;/h14H,2-11H2,1H3;/q;+2. The van der Waals surface area contributed by atoms with Crippen LogP contribution in [0.3, 0.4) is 0 Å². The van der Waals surface area contributed by atoms with E-state index in [0.29, 0.717) is 6.42 Å². The predicted octanol–water partition coefficient (Wildman–Crippen LogP) is 3.92. The Morgan fingerprint density at radius 2 is 1.38 bits per heavy atom. The van der Waals surface area contributed by atoms with E-state index in [1.165, 1.54) is 44.9 Å². The fourth-order valence-corrected chi connectivity index (χ4v) is 1.63. The molecule has 0 unspecified atom stereocenters. The van der Waals surface area contributed by atoms with Crippen LogP contribution < -0.4 is 0 Å². The van der Waals surface area contributed by atoms with E-state index in [9.17, 15) is 4.79 Å². The van der Waals surface area contributed by atoms with Crippen molar-refractivity contribution in [2.45, 2.75) is 71.1 Å². The predicted molar refractivity (Wildman–Crippen MR) is 60.6 cm³/mol. The van der Waals surface area contributed by atoms with Crippen LogP contribution in [0, 0.1) is 0 Å². The first-order valence-corrected chi connectivity index (χ1v) is 6.15. The van der Waals surface area contributed by atoms with E-state index in [4.69, 9.17) is 5.26 Å². The molecule has 0 aromatic heterocycles. The number of carbonyl (C=O) groups excluding carboxylic acids is 1. The Hall–Kier alpha value is 0.144. The third-order valence-electron chi connectivity index (χ3n) is 2.59. The molecule has 0 radical (unpaired) electrons. The van der Waals surface area contributed by atoms with Crippen molar-refractivity contribution < 1.29 is 36.7 Å². The Morgan fingerprint density at radius 1 is 0.938 bits per heavy atom. The van der Waals surface area contributed by atoms with Gasteiger partial charge in [-0.1, -0.05) is 58.3 Å². The van der Waals surface area contributed by atoms with E-state index in [2.05, 4.69) is 11.8 Å². The second-order valence-electron chi connectivity index (χ2n) is 4.04. The Balaban J connectivity index is 0. The summed E-state index contributed by atoms with van der Waals surface area (Å²) in [7, 11) is 0. The molecule has 1 N–H and O–H groups in total. The quantitative estimate of drug-likeness (QED) is 0.281. The monoisotopic (exact) mass is 264 g/mol. The number of hydrogen-bond donors (Lipinski definition) is 1. The molecule has 16 heavy (non-hydrogen) atoms. The van der Waals surface area contributed by atoms with E-state index in [0.717, 1.165) is 12.8 Å². The molecule has 92 valence electrons. The first-order valence-electron chi connectivity index (χ1n) is 6.15. The molecule has 0 spiro atoms. The van der Waals surface area contributed by atoms with E-state index < -0.39 is 5.97 Å². The van der Waals surface area contributed by atoms with Gasteiger partial charge in [0.1, 0.15) is 0 Å². The summed E-state index contributed by atoms with van der Waals surface area (Å²) >= 11 is 0. The number of unbranched alkanes of at least 4 members (excludes halogenated alkanes) is 8. The van der Waals surface area contributed by atoms with Crippen LogP contribution in [0.15, 0.2) is 0 Å². The third-order valence-corrected chi connectivity index (χ3v) is 2.59. The van der Waals surface area contributed by atoms with Crippen LogP contribution in [0.2, 0.25) is 0 Å². The van der Waals surface area contributed by atoms with Gasteiger partial charge in [0.25, 0.3) is 0 Å². The zero-order chi connectivity index (χ0) is 11.4. The van der Waals surface area contributed by atoms with Crippen LogP contribution in [0.4, 0.5) is 0 Å². The number of carbonyl (C=O) groups is 1. The molecule has 0 aliphatic heterocycles. The van der Waals surface area contributed by atoms with E-state index in [1.807, 2.05) is 0 Å². The first kappa shape index (κ1) is 18.5. The molecule has 0 aliphatic rings. The van der Waals surface area contributed by atoms with Gasteiger partial charge in [-0.05, 0) is 6.42 Å². The maximum Gasteiger partial charge on any atom is 2.00 e. The molecule has 0 rings (SSSR count). The molecule has 0 saturated carbocycles. The molecule has 0 aliphatic carbocycles. The van der Waals surface area contributed by atoms with Crippen molar-refractivity contribution in [2.75, 3.05) is 0 Å². The van der Waals surface area contributed by atoms with Gasteiger partial charge in [0, 0.05) is 6.42 Å². The van der Waals surface area contributed by atoms with Gasteiger partial charge in [0.05, 0.1) is 0 Å². The molecule has 3 nitrogen and oxygen atoms in total. The average Bonchev–Trinajstić information content (AvgIpc) is 2.26. The Kier molecular flexibility index (Phi) is 17.5. The van der Waals surface area contributed by atoms with E-state index in [1.54, 1.807) is 0 Å². The van der Waals surface area contributed by atoms with Crippen LogP contribution >= 0.6 is 0 Å². The summed E-state index contributed by atoms with van der Waals surface area (Å²) in [6.45, 7) is 2.22. The minimum Gasteiger partial charge on any atom is -0.301 e. The first-order chi connectivity index (χ1) is 7.31. The minimum absolute atomic E-state index is 0. The van der Waals surface area contributed by atoms with Gasteiger partial charge >= 0.3 is 27.7 Å². The van der Waals surface area contributed by atoms with Crippen molar-refractivity contribution in [3.05, 3.63) is 0 Å². The van der Waals surface area contributed by atoms with E-state index >= 15 is 0 Å². The van der Waals surface area contributed by atoms with Crippen molar-refractivity contribution >= 4 is 5.97 Å². The topological polar surface area (TPSA) is 46.5 Å². The normalized spacial score (nSPS) is 9.62. The van der Waals surface area contributed by atoms with Gasteiger partial charge in [-0.25, -0.2) is 4.79 Å². The summed E-state index contributed by atoms with van der Waals surface area (Å²) in [6.07, 6.45) is 11.3. The van der Waals surface area contributed by atoms with Gasteiger partial charge in [-0.3, -0.25) is 0 Å². The summed E-state index contributed by atoms with van der Waals surface area (Å²) in [4.78, 5) is 14.1. The fraction of sp³-hybridized carbons (Fsp3) is 0.917. The zero-order valence-electron chi connectivity index (χ0n) is 10.3. The molecular formula is C12H24O3Ti+2. The summed E-state index contributed by atoms with van der Waals surface area (Å²) < 4.78 is 0. The molecule has 0 aromatic rings. The Bertz CT molecular complexity index is 151. The third kappa shape index (κ3) is 14.1. The molecule has 4 heteroatoms. The van der Waals surface area contributed by atoms with Crippen molar-refractivity contribution in [1.29, 1.82) is 0 Å². The summed E-state index contributed by atoms with van der Waals surface area (Å²) in [5, 5.41) is 8.01. The minimum atomic E-state index is -0.516. The molecular weight excluding hydrogens is 240 g/mol. The van der Waals surface area contributed by atoms with E-state index in [-0.39, 0.29) is 21.7 Å². The Labute approximate surface area is 114 Å². The fourth-order valence-electron chi connectivity index (χ4n) is 1.63. The van der Waals surface area contributed by atoms with Gasteiger partial charge in [0.15, 0.2) is 0 Å². The number of rotatable bonds is 10. The van der Waals surface area contributed by atoms with Crippen LogP contribution in [0.5, 0.6) is 0 Å². The summed E-state index contributed by atoms with van der Waals surface area (Å²) in [6, 6.07) is 0. The second-order valence-corrected chi connectivity index (χ2v) is 4.04. The molecule has 0 bridgehead atoms. The van der Waals surface area contributed by atoms with Crippen LogP contribution in [0.25, 0.3) is 0 Å². The van der Waals surface area contributed by atoms with Crippen LogP contribution in [-0.4, -0.2) is 11.2 Å². The summed E-state index contributed by atoms with van der Waals surface area (Å²) in [5.41, 5.74) is 0. The molecule has 0 saturated heterocycles. The molecule has 0 atom stereocenters. The smallest absolute Gasteiger partial charge is 0.301 e. The van der Waals surface area contributed by atoms with Crippen molar-refractivity contribution in [1.82, 2.24) is 0 Å². The van der Waals surface area contributed by atoms with Gasteiger partial charge in [-0.15, -0.1) is 0 Å². The maximum atomic E-state index is 10.5. The molecule has 0 amide bonds. The SMILES string of the molecule is CCCCCCCCCCCC(=O)OO.[Ti+2]. The van der Waals surface area contributed by atoms with Crippen LogP contribution in [0.1, 0.15) is 71.1 Å². The molecule has 0 aromatic carbocycles. The largest absolute Gasteiger partial charge is 2.00 e. The van der Waals surface area contributed by atoms with Crippen LogP contribution in [-0.2, 0) is 31.4 Å². The Morgan fingerprint density at radius 3 is 1.81 bits per heavy atom. The average molecular weight is 264 g/mol. The van der Waals surface area contributed by atoms with Crippen molar-refractivity contribution in [3.8, 4) is 0 Å². The number of hydrogen-bond acceptors (Lipinski definition) is 3. The second kappa shape index (κ2) is 15.1. The molecule has 0 fully saturated rings. The van der Waals surface area contributed by atoms with Gasteiger partial charge in [0.2, 0.25) is 0 Å².